The average Bonchev–Trinajstić information content (AvgIpc) is 3.34. The lowest BCUT2D eigenvalue weighted by molar-refractivity contribution is -0.144. The third-order valence-corrected chi connectivity index (χ3v) is 6.40. The maximum atomic E-state index is 12.1. The van der Waals surface area contributed by atoms with Gasteiger partial charge in [-0.3, -0.25) is 14.6 Å². The number of carboxylic acids is 1. The summed E-state index contributed by atoms with van der Waals surface area (Å²) in [6, 6.07) is 9.75. The molecular formula is C20H25BrN4O2. The molecule has 1 atom stereocenters. The molecule has 1 aliphatic heterocycles. The average molecular weight is 433 g/mol. The Balaban J connectivity index is 1.52. The highest BCUT2D eigenvalue weighted by molar-refractivity contribution is 9.10. The second-order valence-corrected chi connectivity index (χ2v) is 8.16. The summed E-state index contributed by atoms with van der Waals surface area (Å²) in [4.78, 5) is 24.5. The number of hydrogen-bond acceptors (Lipinski definition) is 4. The summed E-state index contributed by atoms with van der Waals surface area (Å²) < 4.78 is 0.576. The molecule has 0 radical (unpaired) electrons. The third-order valence-electron chi connectivity index (χ3n) is 5.79. The number of imidazole rings is 1. The zero-order chi connectivity index (χ0) is 18.8. The Bertz CT molecular complexity index is 781. The molecule has 144 valence electrons. The number of carboxylic acid groups (broad SMARTS) is 1. The molecule has 1 aliphatic carbocycles. The van der Waals surface area contributed by atoms with E-state index in [4.69, 9.17) is 0 Å². The van der Waals surface area contributed by atoms with Crippen molar-refractivity contribution in [3.8, 4) is 11.4 Å². The summed E-state index contributed by atoms with van der Waals surface area (Å²) >= 11 is 3.47. The molecule has 7 heteroatoms. The van der Waals surface area contributed by atoms with E-state index < -0.39 is 12.0 Å². The Morgan fingerprint density at radius 2 is 1.81 bits per heavy atom. The number of carbonyl (C=O) groups is 1. The van der Waals surface area contributed by atoms with Gasteiger partial charge in [0.25, 0.3) is 0 Å². The van der Waals surface area contributed by atoms with E-state index in [-0.39, 0.29) is 0 Å². The van der Waals surface area contributed by atoms with E-state index in [1.807, 2.05) is 30.3 Å². The topological polar surface area (TPSA) is 72.5 Å². The second-order valence-electron chi connectivity index (χ2n) is 7.41. The smallest absolute Gasteiger partial charge is 0.327 e. The van der Waals surface area contributed by atoms with Crippen molar-refractivity contribution >= 4 is 21.9 Å². The molecular weight excluding hydrogens is 408 g/mol. The Labute approximate surface area is 167 Å². The van der Waals surface area contributed by atoms with E-state index in [1.165, 1.54) is 25.7 Å². The summed E-state index contributed by atoms with van der Waals surface area (Å²) in [5.74, 6) is -0.151. The molecule has 2 heterocycles. The van der Waals surface area contributed by atoms with Gasteiger partial charge in [-0.2, -0.15) is 0 Å². The summed E-state index contributed by atoms with van der Waals surface area (Å²) in [6.45, 7) is 3.40. The van der Waals surface area contributed by atoms with E-state index in [0.717, 1.165) is 31.7 Å². The van der Waals surface area contributed by atoms with Gasteiger partial charge in [0.2, 0.25) is 0 Å². The van der Waals surface area contributed by atoms with Crippen LogP contribution in [0.1, 0.15) is 37.4 Å². The first-order valence-corrected chi connectivity index (χ1v) is 10.4. The van der Waals surface area contributed by atoms with Crippen LogP contribution in [0.4, 0.5) is 0 Å². The van der Waals surface area contributed by atoms with Crippen LogP contribution < -0.4 is 0 Å². The summed E-state index contributed by atoms with van der Waals surface area (Å²) in [6.07, 6.45) is 5.22. The van der Waals surface area contributed by atoms with Gasteiger partial charge in [-0.25, -0.2) is 4.98 Å². The van der Waals surface area contributed by atoms with E-state index in [9.17, 15) is 9.90 Å². The standard InChI is InChI=1S/C20H25BrN4O2/c21-18-16(22-19(23-18)14-6-2-1-3-7-14)17(20(26)27)25-12-10-24(11-13-25)15-8-4-5-9-15/h1-3,6-7,15,17H,4-5,8-13H2,(H,22,23)(H,26,27). The lowest BCUT2D eigenvalue weighted by Gasteiger charge is -2.40. The predicted octanol–water partition coefficient (Wildman–Crippen LogP) is 3.53. The zero-order valence-electron chi connectivity index (χ0n) is 15.3. The number of piperazine rings is 1. The molecule has 4 rings (SSSR count). The van der Waals surface area contributed by atoms with Gasteiger partial charge in [0.15, 0.2) is 6.04 Å². The maximum absolute atomic E-state index is 12.1. The van der Waals surface area contributed by atoms with E-state index in [0.29, 0.717) is 22.2 Å². The van der Waals surface area contributed by atoms with Gasteiger partial charge >= 0.3 is 5.97 Å². The molecule has 0 amide bonds. The van der Waals surface area contributed by atoms with Crippen LogP contribution in [0.3, 0.4) is 0 Å². The van der Waals surface area contributed by atoms with Gasteiger partial charge in [0, 0.05) is 37.8 Å². The Kier molecular flexibility index (Phi) is 5.61. The Morgan fingerprint density at radius 3 is 2.44 bits per heavy atom. The number of nitrogens with one attached hydrogen (secondary N) is 1. The molecule has 6 nitrogen and oxygen atoms in total. The van der Waals surface area contributed by atoms with E-state index >= 15 is 0 Å². The van der Waals surface area contributed by atoms with E-state index in [1.54, 1.807) is 0 Å². The molecule has 27 heavy (non-hydrogen) atoms. The van der Waals surface area contributed by atoms with Crippen molar-refractivity contribution in [2.75, 3.05) is 26.2 Å². The number of benzene rings is 1. The largest absolute Gasteiger partial charge is 0.480 e. The van der Waals surface area contributed by atoms with Crippen molar-refractivity contribution in [3.63, 3.8) is 0 Å². The molecule has 2 N–H and O–H groups in total. The molecule has 1 unspecified atom stereocenters. The number of hydrogen-bond donors (Lipinski definition) is 2. The number of aromatic nitrogens is 2. The lowest BCUT2D eigenvalue weighted by atomic mass is 10.1. The van der Waals surface area contributed by atoms with Crippen LogP contribution in [0.5, 0.6) is 0 Å². The fourth-order valence-corrected chi connectivity index (χ4v) is 4.87. The van der Waals surface area contributed by atoms with Crippen molar-refractivity contribution in [2.24, 2.45) is 0 Å². The fraction of sp³-hybridized carbons (Fsp3) is 0.500. The fourth-order valence-electron chi connectivity index (χ4n) is 4.37. The molecule has 1 saturated heterocycles. The van der Waals surface area contributed by atoms with Crippen LogP contribution >= 0.6 is 15.9 Å². The molecule has 2 aromatic rings. The molecule has 0 spiro atoms. The van der Waals surface area contributed by atoms with Crippen molar-refractivity contribution in [1.29, 1.82) is 0 Å². The number of aromatic amines is 1. The minimum Gasteiger partial charge on any atom is -0.480 e. The first kappa shape index (κ1) is 18.7. The number of rotatable bonds is 5. The number of aliphatic carboxylic acids is 1. The Morgan fingerprint density at radius 1 is 1.15 bits per heavy atom. The maximum Gasteiger partial charge on any atom is 0.327 e. The number of nitrogens with zero attached hydrogens (tertiary/aromatic N) is 3. The molecule has 2 aliphatic rings. The molecule has 2 fully saturated rings. The molecule has 1 aromatic heterocycles. The summed E-state index contributed by atoms with van der Waals surface area (Å²) in [5.41, 5.74) is 1.57. The van der Waals surface area contributed by atoms with Gasteiger partial charge in [-0.1, -0.05) is 43.2 Å². The summed E-state index contributed by atoms with van der Waals surface area (Å²) in [7, 11) is 0. The van der Waals surface area contributed by atoms with Gasteiger partial charge in [-0.05, 0) is 28.8 Å². The highest BCUT2D eigenvalue weighted by Crippen LogP contribution is 2.31. The molecule has 0 bridgehead atoms. The van der Waals surface area contributed by atoms with Gasteiger partial charge < -0.3 is 10.1 Å². The molecule has 1 saturated carbocycles. The van der Waals surface area contributed by atoms with Crippen LogP contribution in [0.25, 0.3) is 11.4 Å². The molecule has 1 aromatic carbocycles. The highest BCUT2D eigenvalue weighted by Gasteiger charge is 2.35. The number of halogens is 1. The van der Waals surface area contributed by atoms with Crippen molar-refractivity contribution in [1.82, 2.24) is 19.8 Å². The predicted molar refractivity (Wildman–Crippen MR) is 108 cm³/mol. The van der Waals surface area contributed by atoms with Crippen LogP contribution in [-0.4, -0.2) is 63.1 Å². The first-order chi connectivity index (χ1) is 13.1. The summed E-state index contributed by atoms with van der Waals surface area (Å²) in [5, 5.41) is 9.94. The SMILES string of the molecule is O=C(O)C(c1[nH]c(-c2ccccc2)nc1Br)N1CCN(C2CCCC2)CC1. The van der Waals surface area contributed by atoms with Crippen LogP contribution in [-0.2, 0) is 4.79 Å². The normalized spacial score (nSPS) is 20.8. The van der Waals surface area contributed by atoms with Crippen LogP contribution in [0.15, 0.2) is 34.9 Å². The first-order valence-electron chi connectivity index (χ1n) is 9.65. The zero-order valence-corrected chi connectivity index (χ0v) is 16.9. The van der Waals surface area contributed by atoms with Crippen LogP contribution in [0.2, 0.25) is 0 Å². The van der Waals surface area contributed by atoms with Crippen molar-refractivity contribution < 1.29 is 9.90 Å². The minimum atomic E-state index is -0.840. The van der Waals surface area contributed by atoms with Crippen molar-refractivity contribution in [2.45, 2.75) is 37.8 Å². The third kappa shape index (κ3) is 3.95. The quantitative estimate of drug-likeness (QED) is 0.755. The minimum absolute atomic E-state index is 0.576. The van der Waals surface area contributed by atoms with Crippen molar-refractivity contribution in [3.05, 3.63) is 40.6 Å². The van der Waals surface area contributed by atoms with Gasteiger partial charge in [-0.15, -0.1) is 0 Å². The second kappa shape index (κ2) is 8.12. The van der Waals surface area contributed by atoms with Gasteiger partial charge in [0.1, 0.15) is 10.4 Å². The Hall–Kier alpha value is -1.70. The lowest BCUT2D eigenvalue weighted by Crippen LogP contribution is -2.51. The van der Waals surface area contributed by atoms with E-state index in [2.05, 4.69) is 35.7 Å². The van der Waals surface area contributed by atoms with Crippen LogP contribution in [0, 0.1) is 0 Å². The number of H-pyrrole nitrogens is 1. The highest BCUT2D eigenvalue weighted by atomic mass is 79.9. The monoisotopic (exact) mass is 432 g/mol. The van der Waals surface area contributed by atoms with Gasteiger partial charge in [0.05, 0.1) is 5.69 Å².